The Bertz CT molecular complexity index is 860. The zero-order valence-electron chi connectivity index (χ0n) is 11.5. The first-order valence-electron chi connectivity index (χ1n) is 6.63. The van der Waals surface area contributed by atoms with Crippen molar-refractivity contribution in [1.82, 2.24) is 15.0 Å². The van der Waals surface area contributed by atoms with E-state index in [1.807, 2.05) is 42.5 Å². The fourth-order valence-corrected chi connectivity index (χ4v) is 2.06. The van der Waals surface area contributed by atoms with Gasteiger partial charge in [0.05, 0.1) is 0 Å². The zero-order chi connectivity index (χ0) is 15.4. The number of nitrogens with zero attached hydrogens (tertiary/aromatic N) is 4. The van der Waals surface area contributed by atoms with Gasteiger partial charge in [-0.15, -0.1) is 5.10 Å². The molecule has 0 amide bonds. The predicted octanol–water partition coefficient (Wildman–Crippen LogP) is 3.45. The lowest BCUT2D eigenvalue weighted by Crippen LogP contribution is -2.02. The number of hydrogen-bond donors (Lipinski definition) is 0. The molecule has 0 saturated heterocycles. The van der Waals surface area contributed by atoms with Crippen molar-refractivity contribution in [1.29, 1.82) is 5.26 Å². The average molecular weight is 290 g/mol. The lowest BCUT2D eigenvalue weighted by atomic mass is 10.2. The Labute approximate surface area is 126 Å². The fraction of sp³-hybridized carbons (Fsp3) is 0. The normalized spacial score (nSPS) is 10.7. The van der Waals surface area contributed by atoms with E-state index in [9.17, 15) is 4.39 Å². The molecule has 106 valence electrons. The first kappa shape index (κ1) is 13.7. The van der Waals surface area contributed by atoms with Crippen LogP contribution >= 0.6 is 0 Å². The minimum Gasteiger partial charge on any atom is -0.209 e. The van der Waals surface area contributed by atoms with E-state index in [1.54, 1.807) is 24.3 Å². The van der Waals surface area contributed by atoms with Gasteiger partial charge < -0.3 is 0 Å². The van der Waals surface area contributed by atoms with Crippen LogP contribution in [-0.4, -0.2) is 15.0 Å². The van der Waals surface area contributed by atoms with Crippen LogP contribution in [0.2, 0.25) is 0 Å². The smallest absolute Gasteiger partial charge is 0.190 e. The molecule has 2 aromatic carbocycles. The molecular formula is C17H11FN4. The quantitative estimate of drug-likeness (QED) is 0.742. The predicted molar refractivity (Wildman–Crippen MR) is 81.4 cm³/mol. The summed E-state index contributed by atoms with van der Waals surface area (Å²) < 4.78 is 15.3. The maximum Gasteiger partial charge on any atom is 0.190 e. The van der Waals surface area contributed by atoms with E-state index in [-0.39, 0.29) is 11.4 Å². The van der Waals surface area contributed by atoms with E-state index in [2.05, 4.69) is 10.3 Å². The largest absolute Gasteiger partial charge is 0.209 e. The fourth-order valence-electron chi connectivity index (χ4n) is 2.06. The summed E-state index contributed by atoms with van der Waals surface area (Å²) in [6.07, 6.45) is 3.54. The van der Waals surface area contributed by atoms with Crippen LogP contribution in [0.1, 0.15) is 17.0 Å². The van der Waals surface area contributed by atoms with Crippen LogP contribution in [0.4, 0.5) is 4.39 Å². The number of aromatic nitrogens is 3. The van der Waals surface area contributed by atoms with Crippen LogP contribution < -0.4 is 0 Å². The molecule has 0 atom stereocenters. The van der Waals surface area contributed by atoms with Crippen LogP contribution in [0.3, 0.4) is 0 Å². The molecule has 3 aromatic rings. The summed E-state index contributed by atoms with van der Waals surface area (Å²) in [4.78, 5) is 0. The van der Waals surface area contributed by atoms with Crippen LogP contribution in [0.15, 0.2) is 54.6 Å². The van der Waals surface area contributed by atoms with Gasteiger partial charge >= 0.3 is 0 Å². The van der Waals surface area contributed by atoms with E-state index in [0.29, 0.717) is 5.69 Å². The number of benzene rings is 2. The Morgan fingerprint density at radius 2 is 1.73 bits per heavy atom. The molecule has 22 heavy (non-hydrogen) atoms. The van der Waals surface area contributed by atoms with Gasteiger partial charge in [0.25, 0.3) is 0 Å². The van der Waals surface area contributed by atoms with Gasteiger partial charge in [0.2, 0.25) is 0 Å². The molecule has 0 aliphatic heterocycles. The van der Waals surface area contributed by atoms with Crippen molar-refractivity contribution in [2.24, 2.45) is 0 Å². The number of hydrogen-bond acceptors (Lipinski definition) is 3. The maximum absolute atomic E-state index is 13.9. The highest BCUT2D eigenvalue weighted by Gasteiger charge is 2.14. The van der Waals surface area contributed by atoms with Crippen LogP contribution in [-0.2, 0) is 0 Å². The highest BCUT2D eigenvalue weighted by atomic mass is 19.1. The third kappa shape index (κ3) is 2.63. The minimum absolute atomic E-state index is 0.149. The number of nitriles is 1. The molecule has 0 saturated carbocycles. The molecule has 4 nitrogen and oxygen atoms in total. The second-order valence-electron chi connectivity index (χ2n) is 4.54. The summed E-state index contributed by atoms with van der Waals surface area (Å²) >= 11 is 0. The topological polar surface area (TPSA) is 54.5 Å². The molecule has 0 radical (unpaired) electrons. The Kier molecular flexibility index (Phi) is 3.75. The second kappa shape index (κ2) is 6.02. The van der Waals surface area contributed by atoms with Crippen molar-refractivity contribution >= 4 is 12.2 Å². The van der Waals surface area contributed by atoms with Crippen LogP contribution in [0.5, 0.6) is 0 Å². The van der Waals surface area contributed by atoms with Crippen molar-refractivity contribution in [3.8, 4) is 11.8 Å². The monoisotopic (exact) mass is 290 g/mol. The van der Waals surface area contributed by atoms with Crippen molar-refractivity contribution in [3.05, 3.63) is 77.4 Å². The molecule has 3 rings (SSSR count). The standard InChI is InChI=1S/C17H11FN4/c18-14-8-4-5-9-16(14)22-17(15(12-19)20-21-22)11-10-13-6-2-1-3-7-13/h1-11H/b11-10+. The molecule has 1 aromatic heterocycles. The SMILES string of the molecule is N#Cc1nnn(-c2ccccc2F)c1/C=C/c1ccccc1. The molecule has 0 spiro atoms. The molecule has 5 heteroatoms. The summed E-state index contributed by atoms with van der Waals surface area (Å²) in [7, 11) is 0. The lowest BCUT2D eigenvalue weighted by Gasteiger charge is -2.04. The molecule has 0 unspecified atom stereocenters. The van der Waals surface area contributed by atoms with Crippen LogP contribution in [0, 0.1) is 17.1 Å². The Morgan fingerprint density at radius 3 is 2.45 bits per heavy atom. The highest BCUT2D eigenvalue weighted by molar-refractivity contribution is 5.70. The second-order valence-corrected chi connectivity index (χ2v) is 4.54. The molecule has 0 bridgehead atoms. The zero-order valence-corrected chi connectivity index (χ0v) is 11.5. The van der Waals surface area contributed by atoms with E-state index in [0.717, 1.165) is 5.56 Å². The van der Waals surface area contributed by atoms with Crippen molar-refractivity contribution in [2.45, 2.75) is 0 Å². The van der Waals surface area contributed by atoms with Gasteiger partial charge in [0.1, 0.15) is 23.3 Å². The lowest BCUT2D eigenvalue weighted by molar-refractivity contribution is 0.606. The number of halogens is 1. The summed E-state index contributed by atoms with van der Waals surface area (Å²) in [5.74, 6) is -0.425. The summed E-state index contributed by atoms with van der Waals surface area (Å²) in [6, 6.07) is 17.8. The summed E-state index contributed by atoms with van der Waals surface area (Å²) in [6.45, 7) is 0. The molecule has 1 heterocycles. The van der Waals surface area contributed by atoms with Gasteiger partial charge in [0, 0.05) is 0 Å². The molecular weight excluding hydrogens is 279 g/mol. The molecule has 0 aliphatic rings. The average Bonchev–Trinajstić information content (AvgIpc) is 2.97. The molecule has 0 aliphatic carbocycles. The first-order chi connectivity index (χ1) is 10.8. The minimum atomic E-state index is -0.425. The molecule has 0 fully saturated rings. The Morgan fingerprint density at radius 1 is 1.00 bits per heavy atom. The first-order valence-corrected chi connectivity index (χ1v) is 6.63. The van der Waals surface area contributed by atoms with Crippen molar-refractivity contribution in [3.63, 3.8) is 0 Å². The number of para-hydroxylation sites is 1. The highest BCUT2D eigenvalue weighted by Crippen LogP contribution is 2.18. The number of rotatable bonds is 3. The Balaban J connectivity index is 2.08. The maximum atomic E-state index is 13.9. The summed E-state index contributed by atoms with van der Waals surface area (Å²) in [5.41, 5.74) is 1.81. The van der Waals surface area contributed by atoms with Gasteiger partial charge in [-0.2, -0.15) is 5.26 Å². The van der Waals surface area contributed by atoms with E-state index in [4.69, 9.17) is 5.26 Å². The van der Waals surface area contributed by atoms with Gasteiger partial charge in [-0.1, -0.05) is 53.8 Å². The third-order valence-corrected chi connectivity index (χ3v) is 3.12. The van der Waals surface area contributed by atoms with Gasteiger partial charge in [-0.3, -0.25) is 0 Å². The molecule has 0 N–H and O–H groups in total. The van der Waals surface area contributed by atoms with Gasteiger partial charge in [-0.05, 0) is 23.8 Å². The third-order valence-electron chi connectivity index (χ3n) is 3.12. The van der Waals surface area contributed by atoms with Gasteiger partial charge in [0.15, 0.2) is 5.69 Å². The van der Waals surface area contributed by atoms with E-state index >= 15 is 0 Å². The van der Waals surface area contributed by atoms with Crippen molar-refractivity contribution < 1.29 is 4.39 Å². The van der Waals surface area contributed by atoms with Crippen molar-refractivity contribution in [2.75, 3.05) is 0 Å². The van der Waals surface area contributed by atoms with Gasteiger partial charge in [-0.25, -0.2) is 9.07 Å². The van der Waals surface area contributed by atoms with E-state index in [1.165, 1.54) is 10.7 Å². The van der Waals surface area contributed by atoms with E-state index < -0.39 is 5.82 Å². The van der Waals surface area contributed by atoms with Crippen LogP contribution in [0.25, 0.3) is 17.8 Å². The summed E-state index contributed by atoms with van der Waals surface area (Å²) in [5, 5.41) is 16.8. The Hall–Kier alpha value is -3.26.